The predicted octanol–water partition coefficient (Wildman–Crippen LogP) is 3.32. The molecule has 35 heavy (non-hydrogen) atoms. The molecule has 2 aromatic rings. The van der Waals surface area contributed by atoms with E-state index in [1.165, 1.54) is 29.2 Å². The summed E-state index contributed by atoms with van der Waals surface area (Å²) in [5.74, 6) is -0.824. The van der Waals surface area contributed by atoms with Crippen molar-refractivity contribution in [2.24, 2.45) is 0 Å². The molecule has 0 saturated carbocycles. The van der Waals surface area contributed by atoms with E-state index >= 15 is 0 Å². The summed E-state index contributed by atoms with van der Waals surface area (Å²) in [7, 11) is -3.83. The van der Waals surface area contributed by atoms with Gasteiger partial charge in [-0.05, 0) is 76.6 Å². The quantitative estimate of drug-likeness (QED) is 0.532. The first-order chi connectivity index (χ1) is 16.2. The fraction of sp³-hybridized carbons (Fsp3) is 0.440. The second kappa shape index (κ2) is 11.5. The zero-order valence-corrected chi connectivity index (χ0v) is 21.9. The van der Waals surface area contributed by atoms with Gasteiger partial charge >= 0.3 is 0 Å². The number of hydrogen-bond acceptors (Lipinski definition) is 5. The number of carbonyl (C=O) groups is 2. The van der Waals surface area contributed by atoms with Gasteiger partial charge < -0.3 is 15.0 Å². The zero-order chi connectivity index (χ0) is 26.4. The molecule has 0 heterocycles. The van der Waals surface area contributed by atoms with Crippen LogP contribution in [0.25, 0.3) is 0 Å². The Hall–Kier alpha value is -3.14. The lowest BCUT2D eigenvalue weighted by atomic mass is 10.1. The Morgan fingerprint density at radius 3 is 2.11 bits per heavy atom. The normalized spacial score (nSPS) is 12.5. The number of benzene rings is 2. The van der Waals surface area contributed by atoms with Crippen molar-refractivity contribution in [1.29, 1.82) is 0 Å². The Balaban J connectivity index is 2.37. The fourth-order valence-corrected chi connectivity index (χ4v) is 4.18. The summed E-state index contributed by atoms with van der Waals surface area (Å²) in [6.07, 6.45) is 1.01. The third-order valence-corrected chi connectivity index (χ3v) is 6.19. The summed E-state index contributed by atoms with van der Waals surface area (Å²) < 4.78 is 45.0. The molecular formula is C25H34FN3O5S. The molecule has 1 atom stereocenters. The molecule has 2 aromatic carbocycles. The Morgan fingerprint density at radius 2 is 1.63 bits per heavy atom. The highest BCUT2D eigenvalue weighted by molar-refractivity contribution is 7.92. The van der Waals surface area contributed by atoms with Crippen molar-refractivity contribution >= 4 is 27.5 Å². The largest absolute Gasteiger partial charge is 0.494 e. The van der Waals surface area contributed by atoms with Crippen LogP contribution in [-0.2, 0) is 26.2 Å². The zero-order valence-electron chi connectivity index (χ0n) is 21.0. The lowest BCUT2D eigenvalue weighted by Gasteiger charge is -2.33. The van der Waals surface area contributed by atoms with E-state index in [0.717, 1.165) is 10.6 Å². The van der Waals surface area contributed by atoms with Gasteiger partial charge in [0.05, 0.1) is 18.6 Å². The first kappa shape index (κ1) is 28.1. The van der Waals surface area contributed by atoms with Crippen molar-refractivity contribution in [2.75, 3.05) is 23.7 Å². The van der Waals surface area contributed by atoms with Crippen LogP contribution in [0.4, 0.5) is 10.1 Å². The van der Waals surface area contributed by atoms with Crippen molar-refractivity contribution < 1.29 is 27.1 Å². The van der Waals surface area contributed by atoms with Crippen LogP contribution in [0.5, 0.6) is 5.75 Å². The van der Waals surface area contributed by atoms with E-state index in [0.29, 0.717) is 17.9 Å². The number of halogens is 1. The molecule has 0 bridgehead atoms. The van der Waals surface area contributed by atoms with Gasteiger partial charge in [0.2, 0.25) is 21.8 Å². The monoisotopic (exact) mass is 507 g/mol. The van der Waals surface area contributed by atoms with E-state index in [4.69, 9.17) is 4.74 Å². The average molecular weight is 508 g/mol. The average Bonchev–Trinajstić information content (AvgIpc) is 2.75. The molecule has 0 aromatic heterocycles. The molecule has 0 aliphatic rings. The second-order valence-electron chi connectivity index (χ2n) is 9.26. The number of nitrogens with one attached hydrogen (secondary N) is 1. The first-order valence-electron chi connectivity index (χ1n) is 11.3. The number of amides is 2. The third-order valence-electron chi connectivity index (χ3n) is 5.05. The van der Waals surface area contributed by atoms with Crippen molar-refractivity contribution in [2.45, 2.75) is 52.7 Å². The molecule has 0 spiro atoms. The summed E-state index contributed by atoms with van der Waals surface area (Å²) >= 11 is 0. The van der Waals surface area contributed by atoms with Crippen LogP contribution in [-0.4, -0.2) is 56.1 Å². The van der Waals surface area contributed by atoms with E-state index in [9.17, 15) is 22.4 Å². The summed E-state index contributed by atoms with van der Waals surface area (Å²) in [6.45, 7) is 8.82. The highest BCUT2D eigenvalue weighted by atomic mass is 32.2. The van der Waals surface area contributed by atoms with Crippen LogP contribution in [0.1, 0.15) is 40.2 Å². The number of carbonyl (C=O) groups excluding carboxylic acids is 2. The molecule has 1 N–H and O–H groups in total. The smallest absolute Gasteiger partial charge is 0.244 e. The molecular weight excluding hydrogens is 473 g/mol. The number of rotatable bonds is 10. The molecule has 0 saturated heterocycles. The SMILES string of the molecule is CCOc1ccc(N(CC(=O)N(Cc2ccc(F)cc2)[C@@H](C)C(=O)NC(C)(C)C)S(C)(=O)=O)cc1. The molecule has 0 aliphatic carbocycles. The standard InChI is InChI=1S/C25H34FN3O5S/c1-7-34-22-14-12-21(13-15-22)29(35(6,32)33)17-23(30)28(16-19-8-10-20(26)11-9-19)18(2)24(31)27-25(3,4)5/h8-15,18H,7,16-17H2,1-6H3,(H,27,31)/t18-/m0/s1. The predicted molar refractivity (Wildman–Crippen MR) is 134 cm³/mol. The molecule has 2 amide bonds. The van der Waals surface area contributed by atoms with E-state index in [1.807, 2.05) is 27.7 Å². The van der Waals surface area contributed by atoms with Gasteiger partial charge in [-0.2, -0.15) is 0 Å². The summed E-state index contributed by atoms with van der Waals surface area (Å²) in [5.41, 5.74) is 0.358. The number of ether oxygens (including phenoxy) is 1. The molecule has 10 heteroatoms. The van der Waals surface area contributed by atoms with E-state index in [1.54, 1.807) is 31.2 Å². The van der Waals surface area contributed by atoms with E-state index in [-0.39, 0.29) is 18.1 Å². The lowest BCUT2D eigenvalue weighted by Crippen LogP contribution is -2.54. The van der Waals surface area contributed by atoms with Gasteiger partial charge in [0.15, 0.2) is 0 Å². The number of sulfonamides is 1. The van der Waals surface area contributed by atoms with E-state index in [2.05, 4.69) is 5.32 Å². The van der Waals surface area contributed by atoms with Gasteiger partial charge in [0.25, 0.3) is 0 Å². The van der Waals surface area contributed by atoms with Gasteiger partial charge in [0.1, 0.15) is 24.2 Å². The summed E-state index contributed by atoms with van der Waals surface area (Å²) in [6, 6.07) is 11.0. The highest BCUT2D eigenvalue weighted by Gasteiger charge is 2.31. The first-order valence-corrected chi connectivity index (χ1v) is 13.1. The Labute approximate surface area is 207 Å². The Morgan fingerprint density at radius 1 is 1.06 bits per heavy atom. The maximum absolute atomic E-state index is 13.5. The number of nitrogens with zero attached hydrogens (tertiary/aromatic N) is 2. The molecule has 8 nitrogen and oxygen atoms in total. The second-order valence-corrected chi connectivity index (χ2v) is 11.2. The van der Waals surface area contributed by atoms with Gasteiger partial charge in [-0.15, -0.1) is 0 Å². The van der Waals surface area contributed by atoms with Crippen LogP contribution in [0, 0.1) is 5.82 Å². The highest BCUT2D eigenvalue weighted by Crippen LogP contribution is 2.22. The third kappa shape index (κ3) is 8.54. The van der Waals surface area contributed by atoms with Crippen molar-refractivity contribution in [1.82, 2.24) is 10.2 Å². The number of hydrogen-bond donors (Lipinski definition) is 1. The topological polar surface area (TPSA) is 96.0 Å². The van der Waals surface area contributed by atoms with Crippen molar-refractivity contribution in [3.8, 4) is 5.75 Å². The molecule has 0 fully saturated rings. The molecule has 0 aliphatic heterocycles. The van der Waals surface area contributed by atoms with Gasteiger partial charge in [-0.25, -0.2) is 12.8 Å². The van der Waals surface area contributed by atoms with Gasteiger partial charge in [-0.1, -0.05) is 12.1 Å². The molecule has 192 valence electrons. The van der Waals surface area contributed by atoms with Gasteiger partial charge in [0, 0.05) is 12.1 Å². The van der Waals surface area contributed by atoms with Crippen LogP contribution < -0.4 is 14.4 Å². The molecule has 0 radical (unpaired) electrons. The lowest BCUT2D eigenvalue weighted by molar-refractivity contribution is -0.140. The minimum Gasteiger partial charge on any atom is -0.494 e. The van der Waals surface area contributed by atoms with Crippen LogP contribution in [0.2, 0.25) is 0 Å². The van der Waals surface area contributed by atoms with Crippen LogP contribution in [0.15, 0.2) is 48.5 Å². The molecule has 2 rings (SSSR count). The maximum Gasteiger partial charge on any atom is 0.244 e. The maximum atomic E-state index is 13.5. The van der Waals surface area contributed by atoms with Crippen LogP contribution >= 0.6 is 0 Å². The Bertz CT molecular complexity index is 1110. The number of anilines is 1. The fourth-order valence-electron chi connectivity index (χ4n) is 3.33. The summed E-state index contributed by atoms with van der Waals surface area (Å²) in [4.78, 5) is 27.6. The molecule has 0 unspecified atom stereocenters. The minimum atomic E-state index is -3.83. The summed E-state index contributed by atoms with van der Waals surface area (Å²) in [5, 5.41) is 2.84. The van der Waals surface area contributed by atoms with Gasteiger partial charge in [-0.3, -0.25) is 13.9 Å². The van der Waals surface area contributed by atoms with Crippen molar-refractivity contribution in [3.63, 3.8) is 0 Å². The van der Waals surface area contributed by atoms with Crippen molar-refractivity contribution in [3.05, 3.63) is 59.9 Å². The van der Waals surface area contributed by atoms with Crippen LogP contribution in [0.3, 0.4) is 0 Å². The minimum absolute atomic E-state index is 0.00127. The van der Waals surface area contributed by atoms with E-state index < -0.39 is 39.9 Å². The Kier molecular flexibility index (Phi) is 9.25.